The number of carbonyl (C=O) groups excluding carboxylic acids is 1. The lowest BCUT2D eigenvalue weighted by Gasteiger charge is -2.15. The van der Waals surface area contributed by atoms with Crippen LogP contribution in [-0.4, -0.2) is 15.5 Å². The molecule has 1 aliphatic rings. The van der Waals surface area contributed by atoms with Gasteiger partial charge in [0.2, 0.25) is 5.43 Å². The van der Waals surface area contributed by atoms with Crippen LogP contribution in [0.3, 0.4) is 0 Å². The molecule has 1 fully saturated rings. The normalized spacial score (nSPS) is 13.3. The molecule has 0 spiro atoms. The highest BCUT2D eigenvalue weighted by Crippen LogP contribution is 2.38. The van der Waals surface area contributed by atoms with Crippen molar-refractivity contribution in [1.29, 1.82) is 0 Å². The van der Waals surface area contributed by atoms with Crippen molar-refractivity contribution >= 4 is 28.9 Å². The molecule has 0 amide bonds. The number of nitrogens with zero attached hydrogens (tertiary/aromatic N) is 2. The monoisotopic (exact) mass is 474 g/mol. The molecule has 5 rings (SSSR count). The first-order valence-corrected chi connectivity index (χ1v) is 12.0. The number of aryl methyl sites for hydroxylation is 2. The first-order valence-electron chi connectivity index (χ1n) is 11.1. The van der Waals surface area contributed by atoms with Gasteiger partial charge in [0.05, 0.1) is 23.3 Å². The molecule has 172 valence electrons. The molecule has 2 aromatic heterocycles. The van der Waals surface area contributed by atoms with Crippen molar-refractivity contribution in [2.75, 3.05) is 0 Å². The van der Waals surface area contributed by atoms with Crippen LogP contribution in [0.15, 0.2) is 65.6 Å². The van der Waals surface area contributed by atoms with Crippen molar-refractivity contribution in [3.63, 3.8) is 0 Å². The van der Waals surface area contributed by atoms with Crippen molar-refractivity contribution in [2.45, 2.75) is 38.5 Å². The van der Waals surface area contributed by atoms with Crippen LogP contribution in [-0.2, 0) is 9.94 Å². The van der Waals surface area contributed by atoms with E-state index in [1.807, 2.05) is 60.9 Å². The number of carbonyl (C=O) groups is 1. The lowest BCUT2D eigenvalue weighted by atomic mass is 10.0. The molecule has 0 unspecified atom stereocenters. The molecule has 0 bridgehead atoms. The standard InChI is InChI=1S/C27H23FN2O3S/c1-16-10-19(11-17(2)29-16)21-13-25-22(12-24(21)28)26(31)23(14-30(25)20-8-9-20)27(32)33-34-15-18-6-4-3-5-7-18/h3-7,10-14,20H,8-9,15H2,1-2H3. The number of rotatable bonds is 6. The fourth-order valence-corrected chi connectivity index (χ4v) is 4.74. The zero-order valence-corrected chi connectivity index (χ0v) is 19.7. The van der Waals surface area contributed by atoms with Crippen LogP contribution in [0.5, 0.6) is 0 Å². The second kappa shape index (κ2) is 9.06. The maximum absolute atomic E-state index is 15.2. The summed E-state index contributed by atoms with van der Waals surface area (Å²) in [5.74, 6) is -0.757. The Morgan fingerprint density at radius 1 is 1.12 bits per heavy atom. The molecule has 0 atom stereocenters. The lowest BCUT2D eigenvalue weighted by Crippen LogP contribution is -2.20. The van der Waals surface area contributed by atoms with E-state index in [2.05, 4.69) is 4.98 Å². The van der Waals surface area contributed by atoms with E-state index >= 15 is 4.39 Å². The lowest BCUT2D eigenvalue weighted by molar-refractivity contribution is 0.0766. The SMILES string of the molecule is Cc1cc(-c2cc3c(cc2F)c(=O)c(C(=O)OSCc2ccccc2)cn3C2CC2)cc(C)n1. The molecule has 1 saturated carbocycles. The Balaban J connectivity index is 1.53. The van der Waals surface area contributed by atoms with E-state index in [1.54, 1.807) is 12.3 Å². The number of aromatic nitrogens is 2. The summed E-state index contributed by atoms with van der Waals surface area (Å²) in [6.07, 6.45) is 3.45. The minimum atomic E-state index is -0.716. The van der Waals surface area contributed by atoms with Gasteiger partial charge in [-0.15, -0.1) is 0 Å². The molecule has 34 heavy (non-hydrogen) atoms. The number of halogens is 1. The zero-order valence-electron chi connectivity index (χ0n) is 18.9. The predicted octanol–water partition coefficient (Wildman–Crippen LogP) is 6.16. The topological polar surface area (TPSA) is 61.2 Å². The van der Waals surface area contributed by atoms with E-state index in [1.165, 1.54) is 6.07 Å². The number of fused-ring (bicyclic) bond motifs is 1. The number of pyridine rings is 2. The van der Waals surface area contributed by atoms with E-state index in [9.17, 15) is 9.59 Å². The van der Waals surface area contributed by atoms with Crippen LogP contribution in [0.2, 0.25) is 0 Å². The summed E-state index contributed by atoms with van der Waals surface area (Å²) in [6, 6.07) is 16.4. The second-order valence-electron chi connectivity index (χ2n) is 8.62. The van der Waals surface area contributed by atoms with Crippen molar-refractivity contribution in [3.05, 3.63) is 99.3 Å². The van der Waals surface area contributed by atoms with Crippen LogP contribution >= 0.6 is 12.0 Å². The highest BCUT2D eigenvalue weighted by molar-refractivity contribution is 7.94. The van der Waals surface area contributed by atoms with Crippen LogP contribution in [0.4, 0.5) is 4.39 Å². The summed E-state index contributed by atoms with van der Waals surface area (Å²) < 4.78 is 22.5. The van der Waals surface area contributed by atoms with Gasteiger partial charge in [-0.3, -0.25) is 9.78 Å². The summed E-state index contributed by atoms with van der Waals surface area (Å²) >= 11 is 0.981. The largest absolute Gasteiger partial charge is 0.387 e. The smallest absolute Gasteiger partial charge is 0.355 e. The number of hydrogen-bond acceptors (Lipinski definition) is 5. The molecular formula is C27H23FN2O3S. The Hall–Kier alpha value is -3.45. The molecule has 5 nitrogen and oxygen atoms in total. The van der Waals surface area contributed by atoms with Gasteiger partial charge < -0.3 is 8.75 Å². The molecule has 2 heterocycles. The van der Waals surface area contributed by atoms with E-state index < -0.39 is 17.2 Å². The Morgan fingerprint density at radius 3 is 2.50 bits per heavy atom. The van der Waals surface area contributed by atoms with E-state index in [4.69, 9.17) is 4.18 Å². The van der Waals surface area contributed by atoms with Crippen LogP contribution < -0.4 is 5.43 Å². The van der Waals surface area contributed by atoms with Gasteiger partial charge in [-0.05, 0) is 62.1 Å². The van der Waals surface area contributed by atoms with Gasteiger partial charge in [0.1, 0.15) is 11.4 Å². The van der Waals surface area contributed by atoms with Crippen LogP contribution in [0.1, 0.15) is 46.2 Å². The molecule has 0 N–H and O–H groups in total. The van der Waals surface area contributed by atoms with Gasteiger partial charge >= 0.3 is 5.97 Å². The van der Waals surface area contributed by atoms with Crippen molar-refractivity contribution in [1.82, 2.24) is 9.55 Å². The second-order valence-corrected chi connectivity index (χ2v) is 9.31. The Morgan fingerprint density at radius 2 is 1.82 bits per heavy atom. The fourth-order valence-electron chi connectivity index (χ4n) is 4.15. The van der Waals surface area contributed by atoms with Gasteiger partial charge in [0, 0.05) is 34.6 Å². The summed E-state index contributed by atoms with van der Waals surface area (Å²) in [4.78, 5) is 30.4. The summed E-state index contributed by atoms with van der Waals surface area (Å²) in [6.45, 7) is 3.73. The van der Waals surface area contributed by atoms with E-state index in [-0.39, 0.29) is 17.0 Å². The molecule has 2 aromatic carbocycles. The maximum atomic E-state index is 15.2. The summed E-state index contributed by atoms with van der Waals surface area (Å²) in [5.41, 5.74) is 3.71. The third-order valence-corrected chi connectivity index (χ3v) is 6.60. The van der Waals surface area contributed by atoms with E-state index in [0.717, 1.165) is 41.8 Å². The molecular weight excluding hydrogens is 451 g/mol. The quantitative estimate of drug-likeness (QED) is 0.313. The Kier molecular flexibility index (Phi) is 5.96. The summed E-state index contributed by atoms with van der Waals surface area (Å²) in [7, 11) is 0. The van der Waals surface area contributed by atoms with Crippen molar-refractivity contribution < 1.29 is 13.4 Å². The minimum absolute atomic E-state index is 0.0808. The molecule has 1 aliphatic carbocycles. The first kappa shape index (κ1) is 22.3. The summed E-state index contributed by atoms with van der Waals surface area (Å²) in [5, 5.41) is 0.179. The molecule has 0 saturated heterocycles. The fraction of sp³-hybridized carbons (Fsp3) is 0.222. The maximum Gasteiger partial charge on any atom is 0.355 e. The third-order valence-electron chi connectivity index (χ3n) is 5.88. The predicted molar refractivity (Wildman–Crippen MR) is 132 cm³/mol. The Labute approximate surface area is 200 Å². The van der Waals surface area contributed by atoms with Crippen molar-refractivity contribution in [2.24, 2.45) is 0 Å². The molecule has 0 aliphatic heterocycles. The highest BCUT2D eigenvalue weighted by atomic mass is 32.2. The molecule has 0 radical (unpaired) electrons. The van der Waals surface area contributed by atoms with Crippen LogP contribution in [0.25, 0.3) is 22.0 Å². The Bertz CT molecular complexity index is 1440. The van der Waals surface area contributed by atoms with Gasteiger partial charge in [0.25, 0.3) is 0 Å². The van der Waals surface area contributed by atoms with Gasteiger partial charge in [0.15, 0.2) is 0 Å². The van der Waals surface area contributed by atoms with Crippen molar-refractivity contribution in [3.8, 4) is 11.1 Å². The third kappa shape index (κ3) is 4.48. The molecule has 4 aromatic rings. The van der Waals surface area contributed by atoms with Gasteiger partial charge in [-0.25, -0.2) is 9.18 Å². The highest BCUT2D eigenvalue weighted by Gasteiger charge is 2.28. The zero-order chi connectivity index (χ0) is 23.8. The van der Waals surface area contributed by atoms with Crippen LogP contribution in [0, 0.1) is 19.7 Å². The minimum Gasteiger partial charge on any atom is -0.387 e. The number of benzene rings is 2. The average Bonchev–Trinajstić information content (AvgIpc) is 3.65. The first-order chi connectivity index (χ1) is 16.4. The van der Waals surface area contributed by atoms with E-state index in [0.29, 0.717) is 22.4 Å². The number of hydrogen-bond donors (Lipinski definition) is 0. The average molecular weight is 475 g/mol. The van der Waals surface area contributed by atoms with Gasteiger partial charge in [-0.2, -0.15) is 0 Å². The van der Waals surface area contributed by atoms with Gasteiger partial charge in [-0.1, -0.05) is 30.3 Å². The molecule has 7 heteroatoms.